The third kappa shape index (κ3) is 5.03. The fraction of sp³-hybridized carbons (Fsp3) is 0.120. The van der Waals surface area contributed by atoms with Crippen molar-refractivity contribution in [3.63, 3.8) is 0 Å². The summed E-state index contributed by atoms with van der Waals surface area (Å²) in [6, 6.07) is 22.7. The SMILES string of the molecule is Cc1cccc(CN2C(=O)N/C(=C/c3ccccc3OCc3ccc(Br)cc3)C2=O)c1. The number of nitrogens with zero attached hydrogens (tertiary/aromatic N) is 1. The maximum atomic E-state index is 12.9. The third-order valence-electron chi connectivity index (χ3n) is 4.91. The Balaban J connectivity index is 1.51. The van der Waals surface area contributed by atoms with Gasteiger partial charge < -0.3 is 10.1 Å². The molecule has 31 heavy (non-hydrogen) atoms. The molecule has 5 nitrogen and oxygen atoms in total. The Bertz CT molecular complexity index is 1160. The largest absolute Gasteiger partial charge is 0.488 e. The minimum atomic E-state index is -0.425. The lowest BCUT2D eigenvalue weighted by Gasteiger charge is -2.12. The third-order valence-corrected chi connectivity index (χ3v) is 5.44. The quantitative estimate of drug-likeness (QED) is 0.381. The van der Waals surface area contributed by atoms with Gasteiger partial charge in [0, 0.05) is 10.0 Å². The van der Waals surface area contributed by atoms with Gasteiger partial charge in [0.2, 0.25) is 0 Å². The van der Waals surface area contributed by atoms with E-state index in [4.69, 9.17) is 4.74 Å². The Morgan fingerprint density at radius 3 is 2.52 bits per heavy atom. The van der Waals surface area contributed by atoms with Gasteiger partial charge in [-0.05, 0) is 42.3 Å². The van der Waals surface area contributed by atoms with Gasteiger partial charge in [0.25, 0.3) is 5.91 Å². The van der Waals surface area contributed by atoms with Crippen LogP contribution in [-0.2, 0) is 17.9 Å². The maximum Gasteiger partial charge on any atom is 0.329 e. The standard InChI is InChI=1S/C25H21BrN2O3/c1-17-5-4-6-19(13-17)15-28-24(29)22(27-25(28)30)14-20-7-2-3-8-23(20)31-16-18-9-11-21(26)12-10-18/h2-14H,15-16H2,1H3,(H,27,30)/b22-14+. The number of hydrogen-bond donors (Lipinski definition) is 1. The highest BCUT2D eigenvalue weighted by atomic mass is 79.9. The van der Waals surface area contributed by atoms with Gasteiger partial charge in [0.15, 0.2) is 0 Å². The molecule has 1 N–H and O–H groups in total. The fourth-order valence-electron chi connectivity index (χ4n) is 3.34. The van der Waals surface area contributed by atoms with Crippen molar-refractivity contribution in [1.82, 2.24) is 10.2 Å². The molecule has 3 amide bonds. The van der Waals surface area contributed by atoms with Crippen molar-refractivity contribution < 1.29 is 14.3 Å². The van der Waals surface area contributed by atoms with Crippen molar-refractivity contribution >= 4 is 33.9 Å². The molecule has 4 rings (SSSR count). The molecular weight excluding hydrogens is 456 g/mol. The van der Waals surface area contributed by atoms with E-state index in [1.54, 1.807) is 6.08 Å². The molecule has 0 aliphatic carbocycles. The summed E-state index contributed by atoms with van der Waals surface area (Å²) in [4.78, 5) is 26.5. The highest BCUT2D eigenvalue weighted by molar-refractivity contribution is 9.10. The molecule has 6 heteroatoms. The molecule has 1 fully saturated rings. The Kier molecular flexibility index (Phi) is 6.18. The van der Waals surface area contributed by atoms with Crippen LogP contribution in [0.25, 0.3) is 6.08 Å². The first kappa shape index (κ1) is 20.9. The van der Waals surface area contributed by atoms with Crippen molar-refractivity contribution in [2.24, 2.45) is 0 Å². The van der Waals surface area contributed by atoms with E-state index in [0.29, 0.717) is 12.4 Å². The first-order valence-corrected chi connectivity index (χ1v) is 10.7. The van der Waals surface area contributed by atoms with E-state index in [2.05, 4.69) is 21.2 Å². The molecule has 1 aliphatic rings. The number of amides is 3. The average Bonchev–Trinajstić information content (AvgIpc) is 3.02. The van der Waals surface area contributed by atoms with Crippen LogP contribution in [0.2, 0.25) is 0 Å². The lowest BCUT2D eigenvalue weighted by molar-refractivity contribution is -0.123. The van der Waals surface area contributed by atoms with Crippen LogP contribution in [0, 0.1) is 6.92 Å². The molecule has 1 saturated heterocycles. The van der Waals surface area contributed by atoms with Gasteiger partial charge >= 0.3 is 6.03 Å². The zero-order valence-electron chi connectivity index (χ0n) is 17.0. The maximum absolute atomic E-state index is 12.9. The van der Waals surface area contributed by atoms with Crippen LogP contribution in [0.3, 0.4) is 0 Å². The Labute approximate surface area is 189 Å². The molecule has 0 bridgehead atoms. The number of hydrogen-bond acceptors (Lipinski definition) is 3. The number of ether oxygens (including phenoxy) is 1. The topological polar surface area (TPSA) is 58.6 Å². The highest BCUT2D eigenvalue weighted by Gasteiger charge is 2.33. The van der Waals surface area contributed by atoms with E-state index < -0.39 is 6.03 Å². The van der Waals surface area contributed by atoms with Crippen molar-refractivity contribution in [3.05, 3.63) is 105 Å². The summed E-state index contributed by atoms with van der Waals surface area (Å²) in [6.45, 7) is 2.60. The predicted molar refractivity (Wildman–Crippen MR) is 123 cm³/mol. The summed E-state index contributed by atoms with van der Waals surface area (Å²) >= 11 is 3.42. The molecule has 0 aromatic heterocycles. The molecule has 0 radical (unpaired) electrons. The fourth-order valence-corrected chi connectivity index (χ4v) is 3.60. The first-order chi connectivity index (χ1) is 15.0. The number of para-hydroxylation sites is 1. The molecule has 1 aliphatic heterocycles. The van der Waals surface area contributed by atoms with Crippen molar-refractivity contribution in [1.29, 1.82) is 0 Å². The minimum Gasteiger partial charge on any atom is -0.488 e. The molecule has 0 atom stereocenters. The van der Waals surface area contributed by atoms with Crippen LogP contribution in [0.4, 0.5) is 4.79 Å². The predicted octanol–water partition coefficient (Wildman–Crippen LogP) is 5.43. The molecular formula is C25H21BrN2O3. The number of urea groups is 1. The van der Waals surface area contributed by atoms with Crippen LogP contribution in [0.5, 0.6) is 5.75 Å². The van der Waals surface area contributed by atoms with E-state index in [-0.39, 0.29) is 18.1 Å². The van der Waals surface area contributed by atoms with Crippen molar-refractivity contribution in [2.75, 3.05) is 0 Å². The molecule has 0 spiro atoms. The van der Waals surface area contributed by atoms with Crippen LogP contribution >= 0.6 is 15.9 Å². The molecule has 3 aromatic rings. The Morgan fingerprint density at radius 2 is 1.74 bits per heavy atom. The summed E-state index contributed by atoms with van der Waals surface area (Å²) in [5.74, 6) is 0.284. The lowest BCUT2D eigenvalue weighted by Crippen LogP contribution is -2.30. The van der Waals surface area contributed by atoms with Gasteiger partial charge in [-0.15, -0.1) is 0 Å². The smallest absolute Gasteiger partial charge is 0.329 e. The van der Waals surface area contributed by atoms with E-state index in [0.717, 1.165) is 26.7 Å². The van der Waals surface area contributed by atoms with E-state index >= 15 is 0 Å². The van der Waals surface area contributed by atoms with Crippen LogP contribution < -0.4 is 10.1 Å². The molecule has 156 valence electrons. The normalized spacial score (nSPS) is 14.8. The molecule has 0 unspecified atom stereocenters. The minimum absolute atomic E-state index is 0.228. The number of carbonyl (C=O) groups excluding carboxylic acids is 2. The van der Waals surface area contributed by atoms with E-state index in [1.807, 2.05) is 79.7 Å². The summed E-state index contributed by atoms with van der Waals surface area (Å²) < 4.78 is 6.98. The number of rotatable bonds is 6. The second-order valence-corrected chi connectivity index (χ2v) is 8.24. The number of halogens is 1. The zero-order chi connectivity index (χ0) is 21.8. The number of imide groups is 1. The summed E-state index contributed by atoms with van der Waals surface area (Å²) in [6.07, 6.45) is 1.66. The summed E-state index contributed by atoms with van der Waals surface area (Å²) in [5.41, 5.74) is 3.97. The van der Waals surface area contributed by atoms with Gasteiger partial charge in [0.05, 0.1) is 6.54 Å². The monoisotopic (exact) mass is 476 g/mol. The molecule has 3 aromatic carbocycles. The summed E-state index contributed by atoms with van der Waals surface area (Å²) in [7, 11) is 0. The number of carbonyl (C=O) groups is 2. The highest BCUT2D eigenvalue weighted by Crippen LogP contribution is 2.24. The van der Waals surface area contributed by atoms with Gasteiger partial charge in [-0.3, -0.25) is 9.69 Å². The number of nitrogens with one attached hydrogen (secondary N) is 1. The van der Waals surface area contributed by atoms with Crippen LogP contribution in [0.1, 0.15) is 22.3 Å². The van der Waals surface area contributed by atoms with Gasteiger partial charge in [0.1, 0.15) is 18.1 Å². The van der Waals surface area contributed by atoms with Crippen molar-refractivity contribution in [3.8, 4) is 5.75 Å². The van der Waals surface area contributed by atoms with Crippen LogP contribution in [-0.4, -0.2) is 16.8 Å². The van der Waals surface area contributed by atoms with Crippen molar-refractivity contribution in [2.45, 2.75) is 20.1 Å². The van der Waals surface area contributed by atoms with Crippen LogP contribution in [0.15, 0.2) is 83.0 Å². The molecule has 0 saturated carbocycles. The van der Waals surface area contributed by atoms with E-state index in [1.165, 1.54) is 4.90 Å². The Hall–Kier alpha value is -3.38. The second kappa shape index (κ2) is 9.18. The zero-order valence-corrected chi connectivity index (χ0v) is 18.6. The lowest BCUT2D eigenvalue weighted by atomic mass is 10.1. The first-order valence-electron chi connectivity index (χ1n) is 9.86. The average molecular weight is 477 g/mol. The van der Waals surface area contributed by atoms with E-state index in [9.17, 15) is 9.59 Å². The van der Waals surface area contributed by atoms with Gasteiger partial charge in [-0.25, -0.2) is 4.79 Å². The second-order valence-electron chi connectivity index (χ2n) is 7.32. The summed E-state index contributed by atoms with van der Waals surface area (Å²) in [5, 5.41) is 2.68. The number of benzene rings is 3. The van der Waals surface area contributed by atoms with Gasteiger partial charge in [-0.1, -0.05) is 76.1 Å². The number of aryl methyl sites for hydroxylation is 1. The van der Waals surface area contributed by atoms with Gasteiger partial charge in [-0.2, -0.15) is 0 Å². The molecule has 1 heterocycles. The Morgan fingerprint density at radius 1 is 0.968 bits per heavy atom.